The van der Waals surface area contributed by atoms with Crippen molar-refractivity contribution in [1.82, 2.24) is 29.7 Å². The van der Waals surface area contributed by atoms with Crippen LogP contribution in [-0.2, 0) is 6.54 Å². The van der Waals surface area contributed by atoms with Gasteiger partial charge in [0, 0.05) is 36.3 Å². The topological polar surface area (TPSA) is 108 Å². The van der Waals surface area contributed by atoms with Crippen LogP contribution in [0.2, 0.25) is 0 Å². The van der Waals surface area contributed by atoms with Crippen LogP contribution in [0.25, 0.3) is 33.2 Å². The van der Waals surface area contributed by atoms with Crippen LogP contribution in [0.3, 0.4) is 0 Å². The molecule has 5 aromatic rings. The van der Waals surface area contributed by atoms with Crippen molar-refractivity contribution in [2.24, 2.45) is 0 Å². The Morgan fingerprint density at radius 1 is 1.03 bits per heavy atom. The molecule has 0 atom stereocenters. The van der Waals surface area contributed by atoms with Gasteiger partial charge in [-0.2, -0.15) is 5.10 Å². The van der Waals surface area contributed by atoms with E-state index in [0.29, 0.717) is 35.0 Å². The molecule has 0 bridgehead atoms. The highest BCUT2D eigenvalue weighted by molar-refractivity contribution is 5.98. The minimum absolute atomic E-state index is 0.388. The average Bonchev–Trinajstić information content (AvgIpc) is 3.54. The number of hydrogen-bond acceptors (Lipinski definition) is 8. The molecule has 0 aliphatic carbocycles. The molecule has 2 N–H and O–H groups in total. The van der Waals surface area contributed by atoms with E-state index in [1.54, 1.807) is 19.4 Å². The van der Waals surface area contributed by atoms with Crippen LogP contribution in [0.1, 0.15) is 18.4 Å². The Bertz CT molecular complexity index is 1490. The molecule has 1 aliphatic heterocycles. The third-order valence-electron chi connectivity index (χ3n) is 6.32. The van der Waals surface area contributed by atoms with E-state index in [4.69, 9.17) is 20.6 Å². The van der Waals surface area contributed by atoms with E-state index in [0.717, 1.165) is 40.9 Å². The third-order valence-corrected chi connectivity index (χ3v) is 6.32. The molecule has 34 heavy (non-hydrogen) atoms. The molecule has 0 spiro atoms. The van der Waals surface area contributed by atoms with Crippen LogP contribution in [0.5, 0.6) is 5.88 Å². The molecular weight excluding hydrogens is 428 g/mol. The lowest BCUT2D eigenvalue weighted by atomic mass is 10.1. The molecule has 4 aromatic heterocycles. The summed E-state index contributed by atoms with van der Waals surface area (Å²) in [6, 6.07) is 14.1. The quantitative estimate of drug-likeness (QED) is 0.430. The summed E-state index contributed by atoms with van der Waals surface area (Å²) in [5.41, 5.74) is 10.6. The van der Waals surface area contributed by atoms with E-state index in [1.807, 2.05) is 22.9 Å². The molecule has 1 saturated heterocycles. The average molecular weight is 453 g/mol. The molecule has 9 heteroatoms. The number of hydrogen-bond donors (Lipinski definition) is 1. The number of anilines is 2. The predicted octanol–water partition coefficient (Wildman–Crippen LogP) is 3.68. The summed E-state index contributed by atoms with van der Waals surface area (Å²) in [6.07, 6.45) is 5.60. The molecule has 5 heterocycles. The van der Waals surface area contributed by atoms with Crippen molar-refractivity contribution in [1.29, 1.82) is 0 Å². The first-order valence-corrected chi connectivity index (χ1v) is 11.3. The molecule has 1 aliphatic rings. The maximum atomic E-state index is 6.29. The summed E-state index contributed by atoms with van der Waals surface area (Å²) in [4.78, 5) is 20.4. The van der Waals surface area contributed by atoms with Gasteiger partial charge < -0.3 is 15.4 Å². The number of nitrogens with zero attached hydrogens (tertiary/aromatic N) is 7. The van der Waals surface area contributed by atoms with Crippen LogP contribution in [0.15, 0.2) is 55.0 Å². The zero-order valence-corrected chi connectivity index (χ0v) is 18.8. The monoisotopic (exact) mass is 452 g/mol. The van der Waals surface area contributed by atoms with Crippen molar-refractivity contribution in [3.05, 3.63) is 60.6 Å². The second-order valence-corrected chi connectivity index (χ2v) is 8.40. The molecule has 0 unspecified atom stereocenters. The van der Waals surface area contributed by atoms with Crippen LogP contribution < -0.4 is 15.4 Å². The third kappa shape index (κ3) is 3.45. The Labute approximate surface area is 196 Å². The predicted molar refractivity (Wildman–Crippen MR) is 132 cm³/mol. The maximum Gasteiger partial charge on any atom is 0.212 e. The van der Waals surface area contributed by atoms with Crippen LogP contribution >= 0.6 is 0 Å². The number of para-hydroxylation sites is 1. The summed E-state index contributed by atoms with van der Waals surface area (Å²) < 4.78 is 7.09. The molecule has 1 fully saturated rings. The lowest BCUT2D eigenvalue weighted by Crippen LogP contribution is -2.19. The van der Waals surface area contributed by atoms with Gasteiger partial charge >= 0.3 is 0 Å². The second kappa shape index (κ2) is 8.26. The Hall–Kier alpha value is -4.27. The number of pyridine rings is 2. The highest BCUT2D eigenvalue weighted by Crippen LogP contribution is 2.32. The zero-order valence-electron chi connectivity index (χ0n) is 18.8. The molecule has 6 rings (SSSR count). The van der Waals surface area contributed by atoms with Crippen molar-refractivity contribution < 1.29 is 4.74 Å². The zero-order chi connectivity index (χ0) is 23.1. The fourth-order valence-electron chi connectivity index (χ4n) is 4.62. The first-order valence-electron chi connectivity index (χ1n) is 11.3. The van der Waals surface area contributed by atoms with E-state index in [9.17, 15) is 0 Å². The van der Waals surface area contributed by atoms with Crippen molar-refractivity contribution in [3.8, 4) is 17.1 Å². The van der Waals surface area contributed by atoms with Gasteiger partial charge in [-0.1, -0.05) is 18.2 Å². The number of nitrogen functional groups attached to an aromatic ring is 1. The van der Waals surface area contributed by atoms with E-state index >= 15 is 0 Å². The van der Waals surface area contributed by atoms with Gasteiger partial charge in [0.15, 0.2) is 5.65 Å². The SMILES string of the molecule is COc1ccc(-c2nn(Cc3cc(N4CCCC4)nc4ccccc34)c3ncnc(N)c23)cn1. The molecule has 1 aromatic carbocycles. The Balaban J connectivity index is 1.49. The first-order chi connectivity index (χ1) is 16.7. The number of fused-ring (bicyclic) bond motifs is 2. The number of methoxy groups -OCH3 is 1. The summed E-state index contributed by atoms with van der Waals surface area (Å²) in [6.45, 7) is 2.60. The molecule has 170 valence electrons. The van der Waals surface area contributed by atoms with Gasteiger partial charge in [-0.25, -0.2) is 24.6 Å². The second-order valence-electron chi connectivity index (χ2n) is 8.40. The van der Waals surface area contributed by atoms with E-state index < -0.39 is 0 Å². The number of ether oxygens (including phenoxy) is 1. The van der Waals surface area contributed by atoms with Crippen molar-refractivity contribution in [2.45, 2.75) is 19.4 Å². The summed E-state index contributed by atoms with van der Waals surface area (Å²) in [5, 5.41) is 6.74. The van der Waals surface area contributed by atoms with E-state index in [-0.39, 0.29) is 0 Å². The highest BCUT2D eigenvalue weighted by Gasteiger charge is 2.20. The molecule has 0 saturated carbocycles. The Kier molecular flexibility index (Phi) is 4.94. The van der Waals surface area contributed by atoms with Gasteiger partial charge in [-0.05, 0) is 36.6 Å². The number of aromatic nitrogens is 6. The maximum absolute atomic E-state index is 6.29. The normalized spacial score (nSPS) is 13.7. The van der Waals surface area contributed by atoms with Gasteiger partial charge in [0.25, 0.3) is 0 Å². The van der Waals surface area contributed by atoms with Gasteiger partial charge in [0.05, 0.1) is 24.6 Å². The number of rotatable bonds is 5. The minimum Gasteiger partial charge on any atom is -0.481 e. The largest absolute Gasteiger partial charge is 0.481 e. The van der Waals surface area contributed by atoms with Crippen LogP contribution in [-0.4, -0.2) is 49.9 Å². The smallest absolute Gasteiger partial charge is 0.212 e. The van der Waals surface area contributed by atoms with E-state index in [2.05, 4.69) is 38.1 Å². The summed E-state index contributed by atoms with van der Waals surface area (Å²) >= 11 is 0. The summed E-state index contributed by atoms with van der Waals surface area (Å²) in [5.74, 6) is 1.94. The Morgan fingerprint density at radius 2 is 1.88 bits per heavy atom. The lowest BCUT2D eigenvalue weighted by molar-refractivity contribution is 0.398. The molecule has 0 radical (unpaired) electrons. The Morgan fingerprint density at radius 3 is 2.68 bits per heavy atom. The fraction of sp³-hybridized carbons (Fsp3) is 0.240. The van der Waals surface area contributed by atoms with Gasteiger partial charge in [-0.3, -0.25) is 0 Å². The molecular formula is C25H24N8O. The highest BCUT2D eigenvalue weighted by atomic mass is 16.5. The van der Waals surface area contributed by atoms with Crippen molar-refractivity contribution in [3.63, 3.8) is 0 Å². The standard InChI is InChI=1S/C25H24N8O/c1-34-21-9-8-16(13-27-21)23-22-24(26)28-15-29-25(22)33(31-23)14-17-12-20(32-10-4-5-11-32)30-19-7-3-2-6-18(17)19/h2-3,6-9,12-13,15H,4-5,10-11,14H2,1H3,(H2,26,28,29). The molecule has 9 nitrogen and oxygen atoms in total. The number of nitrogens with two attached hydrogens (primary N) is 1. The van der Waals surface area contributed by atoms with E-state index in [1.165, 1.54) is 19.2 Å². The van der Waals surface area contributed by atoms with Crippen molar-refractivity contribution >= 4 is 33.6 Å². The van der Waals surface area contributed by atoms with Gasteiger partial charge in [0.1, 0.15) is 23.7 Å². The van der Waals surface area contributed by atoms with Gasteiger partial charge in [0.2, 0.25) is 5.88 Å². The fourth-order valence-corrected chi connectivity index (χ4v) is 4.62. The van der Waals surface area contributed by atoms with Crippen LogP contribution in [0, 0.1) is 0 Å². The minimum atomic E-state index is 0.388. The first kappa shape index (κ1) is 20.3. The molecule has 0 amide bonds. The van der Waals surface area contributed by atoms with Crippen LogP contribution in [0.4, 0.5) is 11.6 Å². The van der Waals surface area contributed by atoms with Crippen molar-refractivity contribution in [2.75, 3.05) is 30.8 Å². The lowest BCUT2D eigenvalue weighted by Gasteiger charge is -2.19. The van der Waals surface area contributed by atoms with Gasteiger partial charge in [-0.15, -0.1) is 0 Å². The summed E-state index contributed by atoms with van der Waals surface area (Å²) in [7, 11) is 1.59. The number of benzene rings is 1.